The first-order chi connectivity index (χ1) is 12.1. The molecule has 0 aromatic heterocycles. The van der Waals surface area contributed by atoms with E-state index in [9.17, 15) is 13.2 Å². The highest BCUT2D eigenvalue weighted by Gasteiger charge is 2.30. The molecule has 7 heteroatoms. The Kier molecular flexibility index (Phi) is 5.92. The number of benzene rings is 2. The largest absolute Gasteiger partial charge is 0.497 e. The Morgan fingerprint density at radius 3 is 2.46 bits per heavy atom. The zero-order valence-electron chi connectivity index (χ0n) is 15.6. The molecule has 6 nitrogen and oxygen atoms in total. The molecule has 2 aromatic carbocycles. The third-order valence-electron chi connectivity index (χ3n) is 4.03. The number of sulfonamides is 1. The maximum absolute atomic E-state index is 12.7. The molecule has 0 aliphatic rings. The van der Waals surface area contributed by atoms with Gasteiger partial charge in [-0.1, -0.05) is 18.2 Å². The van der Waals surface area contributed by atoms with Crippen LogP contribution in [-0.4, -0.2) is 33.7 Å². The van der Waals surface area contributed by atoms with Crippen LogP contribution in [0.25, 0.3) is 0 Å². The van der Waals surface area contributed by atoms with E-state index < -0.39 is 22.0 Å². The van der Waals surface area contributed by atoms with E-state index in [1.165, 1.54) is 7.11 Å². The molecule has 0 fully saturated rings. The van der Waals surface area contributed by atoms with E-state index in [0.29, 0.717) is 17.1 Å². The molecular weight excluding hydrogens is 352 g/mol. The number of methoxy groups -OCH3 is 1. The lowest BCUT2D eigenvalue weighted by molar-refractivity contribution is -0.116. The molecule has 26 heavy (non-hydrogen) atoms. The Balaban J connectivity index is 2.36. The second-order valence-corrected chi connectivity index (χ2v) is 8.11. The fourth-order valence-electron chi connectivity index (χ4n) is 2.69. The molecule has 0 saturated carbocycles. The highest BCUT2D eigenvalue weighted by Crippen LogP contribution is 2.27. The standard InChI is InChI=1S/C19H24N2O4S/c1-13-9-10-14(2)18(11-13)21(26(5,23)24)15(3)19(22)20-16-7-6-8-17(12-16)25-4/h6-12,15H,1-5H3,(H,20,22)/t15-/m1/s1. The van der Waals surface area contributed by atoms with Crippen molar-refractivity contribution in [2.24, 2.45) is 0 Å². The lowest BCUT2D eigenvalue weighted by atomic mass is 10.1. The van der Waals surface area contributed by atoms with Crippen molar-refractivity contribution in [3.05, 3.63) is 53.6 Å². The molecule has 0 aliphatic heterocycles. The van der Waals surface area contributed by atoms with Crippen molar-refractivity contribution in [2.45, 2.75) is 26.8 Å². The first-order valence-corrected chi connectivity index (χ1v) is 10.00. The quantitative estimate of drug-likeness (QED) is 0.840. The van der Waals surface area contributed by atoms with Gasteiger partial charge in [0.15, 0.2) is 0 Å². The lowest BCUT2D eigenvalue weighted by Gasteiger charge is -2.29. The van der Waals surface area contributed by atoms with Gasteiger partial charge in [-0.05, 0) is 50.1 Å². The van der Waals surface area contributed by atoms with Gasteiger partial charge in [0.1, 0.15) is 11.8 Å². The van der Waals surface area contributed by atoms with Crippen LogP contribution >= 0.6 is 0 Å². The number of nitrogens with one attached hydrogen (secondary N) is 1. The van der Waals surface area contributed by atoms with Crippen molar-refractivity contribution < 1.29 is 17.9 Å². The Labute approximate surface area is 154 Å². The van der Waals surface area contributed by atoms with Crippen LogP contribution in [0.5, 0.6) is 5.75 Å². The van der Waals surface area contributed by atoms with Gasteiger partial charge in [0.25, 0.3) is 0 Å². The van der Waals surface area contributed by atoms with Gasteiger partial charge in [0, 0.05) is 11.8 Å². The van der Waals surface area contributed by atoms with E-state index in [1.807, 2.05) is 26.0 Å². The number of anilines is 2. The maximum atomic E-state index is 12.7. The zero-order chi connectivity index (χ0) is 19.5. The van der Waals surface area contributed by atoms with Crippen LogP contribution in [0.3, 0.4) is 0 Å². The maximum Gasteiger partial charge on any atom is 0.247 e. The van der Waals surface area contributed by atoms with Crippen molar-refractivity contribution in [1.82, 2.24) is 0 Å². The van der Waals surface area contributed by atoms with Gasteiger partial charge >= 0.3 is 0 Å². The second-order valence-electron chi connectivity index (χ2n) is 6.25. The van der Waals surface area contributed by atoms with E-state index in [0.717, 1.165) is 21.7 Å². The third-order valence-corrected chi connectivity index (χ3v) is 5.26. The summed E-state index contributed by atoms with van der Waals surface area (Å²) in [6, 6.07) is 11.5. The molecule has 2 rings (SSSR count). The Morgan fingerprint density at radius 1 is 1.15 bits per heavy atom. The molecule has 0 heterocycles. The predicted octanol–water partition coefficient (Wildman–Crippen LogP) is 3.11. The van der Waals surface area contributed by atoms with E-state index in [-0.39, 0.29) is 0 Å². The number of rotatable bonds is 6. The minimum absolute atomic E-state index is 0.426. The highest BCUT2D eigenvalue weighted by molar-refractivity contribution is 7.92. The summed E-state index contributed by atoms with van der Waals surface area (Å²) >= 11 is 0. The molecule has 0 radical (unpaired) electrons. The van der Waals surface area contributed by atoms with Gasteiger partial charge in [-0.15, -0.1) is 0 Å². The first kappa shape index (κ1) is 19.8. The molecule has 140 valence electrons. The minimum atomic E-state index is -3.66. The molecule has 0 unspecified atom stereocenters. The van der Waals surface area contributed by atoms with Crippen molar-refractivity contribution in [3.63, 3.8) is 0 Å². The number of carbonyl (C=O) groups excluding carboxylic acids is 1. The third kappa shape index (κ3) is 4.54. The average molecular weight is 376 g/mol. The van der Waals surface area contributed by atoms with Gasteiger partial charge in [-0.25, -0.2) is 8.42 Å². The van der Waals surface area contributed by atoms with Crippen molar-refractivity contribution in [1.29, 1.82) is 0 Å². The number of ether oxygens (including phenoxy) is 1. The molecule has 0 aliphatic carbocycles. The van der Waals surface area contributed by atoms with Gasteiger partial charge in [-0.2, -0.15) is 0 Å². The minimum Gasteiger partial charge on any atom is -0.497 e. The number of aryl methyl sites for hydroxylation is 2. The summed E-state index contributed by atoms with van der Waals surface area (Å²) in [5.74, 6) is 0.175. The summed E-state index contributed by atoms with van der Waals surface area (Å²) in [5, 5.41) is 2.75. The van der Waals surface area contributed by atoms with Crippen LogP contribution in [0.1, 0.15) is 18.1 Å². The monoisotopic (exact) mass is 376 g/mol. The lowest BCUT2D eigenvalue weighted by Crippen LogP contribution is -2.45. The van der Waals surface area contributed by atoms with Crippen molar-refractivity contribution in [2.75, 3.05) is 23.0 Å². The number of hydrogen-bond acceptors (Lipinski definition) is 4. The van der Waals surface area contributed by atoms with E-state index in [1.54, 1.807) is 37.3 Å². The fourth-order valence-corrected chi connectivity index (χ4v) is 3.91. The summed E-state index contributed by atoms with van der Waals surface area (Å²) in [4.78, 5) is 12.7. The smallest absolute Gasteiger partial charge is 0.247 e. The average Bonchev–Trinajstić information content (AvgIpc) is 2.57. The summed E-state index contributed by atoms with van der Waals surface area (Å²) in [7, 11) is -2.12. The topological polar surface area (TPSA) is 75.7 Å². The Bertz CT molecular complexity index is 910. The van der Waals surface area contributed by atoms with Crippen LogP contribution in [-0.2, 0) is 14.8 Å². The zero-order valence-corrected chi connectivity index (χ0v) is 16.4. The predicted molar refractivity (Wildman–Crippen MR) is 104 cm³/mol. The second kappa shape index (κ2) is 7.78. The van der Waals surface area contributed by atoms with Gasteiger partial charge < -0.3 is 10.1 Å². The SMILES string of the molecule is COc1cccc(NC(=O)[C@@H](C)N(c2cc(C)ccc2C)S(C)(=O)=O)c1. The van der Waals surface area contributed by atoms with Crippen LogP contribution < -0.4 is 14.4 Å². The Hall–Kier alpha value is -2.54. The molecule has 0 bridgehead atoms. The number of amides is 1. The van der Waals surface area contributed by atoms with E-state index in [4.69, 9.17) is 4.74 Å². The van der Waals surface area contributed by atoms with Crippen molar-refractivity contribution in [3.8, 4) is 5.75 Å². The van der Waals surface area contributed by atoms with Crippen LogP contribution in [0, 0.1) is 13.8 Å². The normalized spacial score (nSPS) is 12.3. The molecule has 0 spiro atoms. The molecular formula is C19H24N2O4S. The number of carbonyl (C=O) groups is 1. The van der Waals surface area contributed by atoms with Crippen molar-refractivity contribution >= 4 is 27.3 Å². The fraction of sp³-hybridized carbons (Fsp3) is 0.316. The number of nitrogens with zero attached hydrogens (tertiary/aromatic N) is 1. The Morgan fingerprint density at radius 2 is 1.85 bits per heavy atom. The van der Waals surface area contributed by atoms with Crippen LogP contribution in [0.15, 0.2) is 42.5 Å². The summed E-state index contributed by atoms with van der Waals surface area (Å²) < 4.78 is 31.1. The van der Waals surface area contributed by atoms with Gasteiger partial charge in [0.05, 0.1) is 19.1 Å². The molecule has 1 atom stereocenters. The van der Waals surface area contributed by atoms with E-state index >= 15 is 0 Å². The van der Waals surface area contributed by atoms with Gasteiger partial charge in [0.2, 0.25) is 15.9 Å². The molecule has 1 N–H and O–H groups in total. The molecule has 1 amide bonds. The van der Waals surface area contributed by atoms with Gasteiger partial charge in [-0.3, -0.25) is 9.10 Å². The van der Waals surface area contributed by atoms with E-state index in [2.05, 4.69) is 5.32 Å². The van der Waals surface area contributed by atoms with Crippen LogP contribution in [0.4, 0.5) is 11.4 Å². The summed E-state index contributed by atoms with van der Waals surface area (Å²) in [5.41, 5.74) is 2.73. The first-order valence-electron chi connectivity index (χ1n) is 8.15. The summed E-state index contributed by atoms with van der Waals surface area (Å²) in [6.07, 6.45) is 1.10. The highest BCUT2D eigenvalue weighted by atomic mass is 32.2. The molecule has 2 aromatic rings. The van der Waals surface area contributed by atoms with Crippen LogP contribution in [0.2, 0.25) is 0 Å². The summed E-state index contributed by atoms with van der Waals surface area (Å²) in [6.45, 7) is 5.27. The molecule has 0 saturated heterocycles. The number of hydrogen-bond donors (Lipinski definition) is 1.